The number of methoxy groups -OCH3 is 2. The number of hydrogen-bond donors (Lipinski definition) is 0. The number of carbonyl (C=O) groups excluding carboxylic acids is 1. The maximum atomic E-state index is 10.8. The van der Waals surface area contributed by atoms with Gasteiger partial charge in [0.1, 0.15) is 12.0 Å². The van der Waals surface area contributed by atoms with Gasteiger partial charge in [-0.1, -0.05) is 0 Å². The summed E-state index contributed by atoms with van der Waals surface area (Å²) in [4.78, 5) is 18.9. The first kappa shape index (κ1) is 12.0. The van der Waals surface area contributed by atoms with E-state index in [0.29, 0.717) is 17.3 Å². The number of aromatic nitrogens is 2. The molecule has 1 aromatic carbocycles. The fourth-order valence-electron chi connectivity index (χ4n) is 1.59. The molecule has 0 saturated heterocycles. The average molecular weight is 244 g/mol. The van der Waals surface area contributed by atoms with Gasteiger partial charge in [-0.15, -0.1) is 0 Å². The van der Waals surface area contributed by atoms with Crippen molar-refractivity contribution in [2.75, 3.05) is 14.2 Å². The lowest BCUT2D eigenvalue weighted by molar-refractivity contribution is 0.112. The molecular formula is C13H12N2O3. The van der Waals surface area contributed by atoms with Crippen molar-refractivity contribution < 1.29 is 14.3 Å². The van der Waals surface area contributed by atoms with Gasteiger partial charge in [0, 0.05) is 29.1 Å². The van der Waals surface area contributed by atoms with Gasteiger partial charge in [0.2, 0.25) is 0 Å². The van der Waals surface area contributed by atoms with Crippen molar-refractivity contribution in [1.29, 1.82) is 0 Å². The molecule has 0 amide bonds. The number of carbonyl (C=O) groups is 1. The van der Waals surface area contributed by atoms with Crippen molar-refractivity contribution in [2.45, 2.75) is 0 Å². The zero-order valence-electron chi connectivity index (χ0n) is 10.1. The van der Waals surface area contributed by atoms with E-state index < -0.39 is 0 Å². The summed E-state index contributed by atoms with van der Waals surface area (Å²) < 4.78 is 10.1. The molecule has 2 rings (SSSR count). The van der Waals surface area contributed by atoms with E-state index in [0.717, 1.165) is 17.4 Å². The molecule has 0 fully saturated rings. The minimum Gasteiger partial charge on any atom is -0.496 e. The first-order valence-electron chi connectivity index (χ1n) is 5.28. The zero-order chi connectivity index (χ0) is 13.0. The summed E-state index contributed by atoms with van der Waals surface area (Å²) in [7, 11) is 3.08. The summed E-state index contributed by atoms with van der Waals surface area (Å²) in [5, 5.41) is 0. The largest absolute Gasteiger partial charge is 0.496 e. The van der Waals surface area contributed by atoms with Crippen molar-refractivity contribution in [3.63, 3.8) is 0 Å². The molecule has 0 aliphatic rings. The van der Waals surface area contributed by atoms with Crippen LogP contribution in [0.1, 0.15) is 10.4 Å². The zero-order valence-corrected chi connectivity index (χ0v) is 10.1. The number of ether oxygens (including phenoxy) is 2. The van der Waals surface area contributed by atoms with Crippen LogP contribution in [0.25, 0.3) is 11.1 Å². The molecule has 0 atom stereocenters. The molecule has 5 nitrogen and oxygen atoms in total. The Hall–Kier alpha value is -2.43. The van der Waals surface area contributed by atoms with Gasteiger partial charge in [0.25, 0.3) is 0 Å². The highest BCUT2D eigenvalue weighted by Gasteiger charge is 2.08. The molecule has 0 radical (unpaired) electrons. The predicted octanol–water partition coefficient (Wildman–Crippen LogP) is 1.97. The van der Waals surface area contributed by atoms with E-state index in [1.165, 1.54) is 7.11 Å². The molecule has 0 aliphatic carbocycles. The molecule has 2 aromatic rings. The van der Waals surface area contributed by atoms with Crippen LogP contribution in [-0.2, 0) is 0 Å². The van der Waals surface area contributed by atoms with Gasteiger partial charge in [-0.05, 0) is 18.2 Å². The lowest BCUT2D eigenvalue weighted by atomic mass is 10.1. The first-order valence-corrected chi connectivity index (χ1v) is 5.28. The topological polar surface area (TPSA) is 61.3 Å². The van der Waals surface area contributed by atoms with E-state index >= 15 is 0 Å². The predicted molar refractivity (Wildman–Crippen MR) is 66.0 cm³/mol. The molecular weight excluding hydrogens is 232 g/mol. The molecule has 0 saturated carbocycles. The molecule has 0 aliphatic heterocycles. The minimum atomic E-state index is 0.296. The summed E-state index contributed by atoms with van der Waals surface area (Å²) >= 11 is 0. The molecule has 1 heterocycles. The monoisotopic (exact) mass is 244 g/mol. The summed E-state index contributed by atoms with van der Waals surface area (Å²) in [5.74, 6) is 0.661. The summed E-state index contributed by atoms with van der Waals surface area (Å²) in [6.07, 6.45) is 4.03. The molecule has 5 heteroatoms. The third-order valence-corrected chi connectivity index (χ3v) is 2.48. The molecule has 1 aromatic heterocycles. The maximum Gasteiger partial charge on any atom is 0.316 e. The number of rotatable bonds is 4. The Labute approximate surface area is 104 Å². The van der Waals surface area contributed by atoms with Crippen molar-refractivity contribution in [3.05, 3.63) is 36.2 Å². The number of nitrogens with zero attached hydrogens (tertiary/aromatic N) is 2. The molecule has 0 unspecified atom stereocenters. The van der Waals surface area contributed by atoms with E-state index in [-0.39, 0.29) is 0 Å². The van der Waals surface area contributed by atoms with Crippen LogP contribution in [0, 0.1) is 0 Å². The van der Waals surface area contributed by atoms with Crippen molar-refractivity contribution in [2.24, 2.45) is 0 Å². The fourth-order valence-corrected chi connectivity index (χ4v) is 1.59. The Morgan fingerprint density at radius 3 is 2.39 bits per heavy atom. The number of benzene rings is 1. The van der Waals surface area contributed by atoms with Crippen LogP contribution in [0.3, 0.4) is 0 Å². The van der Waals surface area contributed by atoms with Crippen molar-refractivity contribution in [3.8, 4) is 22.9 Å². The third kappa shape index (κ3) is 2.29. The maximum absolute atomic E-state index is 10.8. The standard InChI is InChI=1S/C13H12N2O3/c1-17-12-4-3-9(8-16)5-11(12)10-6-14-13(18-2)15-7-10/h3-8H,1-2H3. The fraction of sp³-hybridized carbons (Fsp3) is 0.154. The van der Waals surface area contributed by atoms with Crippen LogP contribution < -0.4 is 9.47 Å². The summed E-state index contributed by atoms with van der Waals surface area (Å²) in [6, 6.07) is 5.46. The number of hydrogen-bond acceptors (Lipinski definition) is 5. The molecule has 92 valence electrons. The molecule has 18 heavy (non-hydrogen) atoms. The Morgan fingerprint density at radius 2 is 1.83 bits per heavy atom. The van der Waals surface area contributed by atoms with E-state index in [1.807, 2.05) is 0 Å². The second-order valence-corrected chi connectivity index (χ2v) is 3.54. The molecule has 0 spiro atoms. The third-order valence-electron chi connectivity index (χ3n) is 2.48. The van der Waals surface area contributed by atoms with Crippen molar-refractivity contribution >= 4 is 6.29 Å². The number of aldehydes is 1. The van der Waals surface area contributed by atoms with Crippen LogP contribution in [0.15, 0.2) is 30.6 Å². The van der Waals surface area contributed by atoms with Gasteiger partial charge in [0.05, 0.1) is 14.2 Å². The first-order chi connectivity index (χ1) is 8.78. The second kappa shape index (κ2) is 5.27. The highest BCUT2D eigenvalue weighted by atomic mass is 16.5. The van der Waals surface area contributed by atoms with E-state index in [9.17, 15) is 4.79 Å². The Kier molecular flexibility index (Phi) is 3.52. The van der Waals surface area contributed by atoms with Crippen LogP contribution in [0.2, 0.25) is 0 Å². The van der Waals surface area contributed by atoms with Crippen LogP contribution in [0.4, 0.5) is 0 Å². The van der Waals surface area contributed by atoms with Gasteiger partial charge in [-0.3, -0.25) is 4.79 Å². The lowest BCUT2D eigenvalue weighted by Crippen LogP contribution is -1.94. The quantitative estimate of drug-likeness (QED) is 0.769. The van der Waals surface area contributed by atoms with Gasteiger partial charge in [0.15, 0.2) is 0 Å². The second-order valence-electron chi connectivity index (χ2n) is 3.54. The minimum absolute atomic E-state index is 0.296. The SMILES string of the molecule is COc1ncc(-c2cc(C=O)ccc2OC)cn1. The summed E-state index contributed by atoms with van der Waals surface area (Å²) in [6.45, 7) is 0. The van der Waals surface area contributed by atoms with E-state index in [1.54, 1.807) is 37.7 Å². The Morgan fingerprint density at radius 1 is 1.11 bits per heavy atom. The Balaban J connectivity index is 2.49. The van der Waals surface area contributed by atoms with Gasteiger partial charge in [-0.25, -0.2) is 9.97 Å². The van der Waals surface area contributed by atoms with Crippen LogP contribution in [-0.4, -0.2) is 30.5 Å². The normalized spacial score (nSPS) is 9.89. The van der Waals surface area contributed by atoms with Gasteiger partial charge in [-0.2, -0.15) is 0 Å². The molecule has 0 N–H and O–H groups in total. The lowest BCUT2D eigenvalue weighted by Gasteiger charge is -2.08. The smallest absolute Gasteiger partial charge is 0.316 e. The van der Waals surface area contributed by atoms with Crippen molar-refractivity contribution in [1.82, 2.24) is 9.97 Å². The summed E-state index contributed by atoms with van der Waals surface area (Å²) in [5.41, 5.74) is 2.10. The van der Waals surface area contributed by atoms with Gasteiger partial charge >= 0.3 is 6.01 Å². The van der Waals surface area contributed by atoms with Gasteiger partial charge < -0.3 is 9.47 Å². The highest BCUT2D eigenvalue weighted by Crippen LogP contribution is 2.30. The highest BCUT2D eigenvalue weighted by molar-refractivity contribution is 5.81. The Bertz CT molecular complexity index is 553. The van der Waals surface area contributed by atoms with Crippen LogP contribution in [0.5, 0.6) is 11.8 Å². The average Bonchev–Trinajstić information content (AvgIpc) is 2.46. The van der Waals surface area contributed by atoms with E-state index in [2.05, 4.69) is 9.97 Å². The van der Waals surface area contributed by atoms with E-state index in [4.69, 9.17) is 9.47 Å². The molecule has 0 bridgehead atoms. The van der Waals surface area contributed by atoms with Crippen LogP contribution >= 0.6 is 0 Å².